The second-order valence-electron chi connectivity index (χ2n) is 4.38. The molecular formula is C14H18N2O2. The lowest BCUT2D eigenvalue weighted by molar-refractivity contribution is -0.121. The van der Waals surface area contributed by atoms with Crippen LogP contribution in [0, 0.1) is 6.92 Å². The Balaban J connectivity index is 1.97. The number of carbonyl (C=O) groups is 1. The summed E-state index contributed by atoms with van der Waals surface area (Å²) in [4.78, 5) is 15.8. The summed E-state index contributed by atoms with van der Waals surface area (Å²) in [5.41, 5.74) is 2.77. The third kappa shape index (κ3) is 3.09. The third-order valence-electron chi connectivity index (χ3n) is 2.77. The quantitative estimate of drug-likeness (QED) is 0.882. The van der Waals surface area contributed by atoms with Crippen molar-refractivity contribution in [2.45, 2.75) is 33.1 Å². The van der Waals surface area contributed by atoms with Crippen LogP contribution in [0.5, 0.6) is 0 Å². The Labute approximate surface area is 106 Å². The first-order chi connectivity index (χ1) is 8.69. The molecule has 2 rings (SSSR count). The average molecular weight is 246 g/mol. The molecule has 1 heterocycles. The number of amides is 1. The minimum Gasteiger partial charge on any atom is -0.441 e. The first-order valence-electron chi connectivity index (χ1n) is 6.32. The molecule has 18 heavy (non-hydrogen) atoms. The summed E-state index contributed by atoms with van der Waals surface area (Å²) >= 11 is 0. The lowest BCUT2D eigenvalue weighted by Gasteiger charge is -2.03. The molecule has 0 unspecified atom stereocenters. The number of rotatable bonds is 5. The predicted molar refractivity (Wildman–Crippen MR) is 70.4 cm³/mol. The van der Waals surface area contributed by atoms with E-state index in [1.54, 1.807) is 0 Å². The van der Waals surface area contributed by atoms with E-state index in [1.807, 2.05) is 32.0 Å². The van der Waals surface area contributed by atoms with Gasteiger partial charge in [-0.1, -0.05) is 13.0 Å². The van der Waals surface area contributed by atoms with Gasteiger partial charge in [0.05, 0.1) is 0 Å². The average Bonchev–Trinajstić information content (AvgIpc) is 2.73. The molecule has 0 spiro atoms. The van der Waals surface area contributed by atoms with Crippen LogP contribution in [0.3, 0.4) is 0 Å². The van der Waals surface area contributed by atoms with E-state index in [9.17, 15) is 4.79 Å². The van der Waals surface area contributed by atoms with Gasteiger partial charge in [0.1, 0.15) is 5.52 Å². The smallest absolute Gasteiger partial charge is 0.220 e. The van der Waals surface area contributed by atoms with Gasteiger partial charge in [0.15, 0.2) is 11.5 Å². The summed E-state index contributed by atoms with van der Waals surface area (Å²) in [6.45, 7) is 4.62. The van der Waals surface area contributed by atoms with Gasteiger partial charge < -0.3 is 9.73 Å². The highest BCUT2D eigenvalue weighted by Gasteiger charge is 2.05. The molecule has 0 aliphatic heterocycles. The molecule has 1 N–H and O–H groups in total. The molecular weight excluding hydrogens is 228 g/mol. The first kappa shape index (κ1) is 12.6. The summed E-state index contributed by atoms with van der Waals surface area (Å²) < 4.78 is 5.41. The van der Waals surface area contributed by atoms with Gasteiger partial charge in [-0.15, -0.1) is 0 Å². The molecule has 1 aromatic heterocycles. The molecule has 0 bridgehead atoms. The molecule has 0 fully saturated rings. The normalized spacial score (nSPS) is 10.8. The van der Waals surface area contributed by atoms with Crippen LogP contribution >= 0.6 is 0 Å². The van der Waals surface area contributed by atoms with E-state index in [0.717, 1.165) is 36.0 Å². The van der Waals surface area contributed by atoms with Gasteiger partial charge in [-0.05, 0) is 30.5 Å². The fourth-order valence-electron chi connectivity index (χ4n) is 1.85. The van der Waals surface area contributed by atoms with Crippen molar-refractivity contribution in [3.63, 3.8) is 0 Å². The van der Waals surface area contributed by atoms with E-state index in [1.165, 1.54) is 0 Å². The van der Waals surface area contributed by atoms with Crippen LogP contribution in [0.4, 0.5) is 0 Å². The summed E-state index contributed by atoms with van der Waals surface area (Å²) in [6.07, 6.45) is 2.22. The van der Waals surface area contributed by atoms with Crippen LogP contribution in [-0.4, -0.2) is 17.4 Å². The Morgan fingerprint density at radius 1 is 1.44 bits per heavy atom. The number of aryl methyl sites for hydroxylation is 2. The van der Waals surface area contributed by atoms with Gasteiger partial charge in [0.25, 0.3) is 0 Å². The van der Waals surface area contributed by atoms with Crippen LogP contribution in [0.1, 0.15) is 31.2 Å². The van der Waals surface area contributed by atoms with Crippen LogP contribution in [0.25, 0.3) is 11.1 Å². The molecule has 1 amide bonds. The largest absolute Gasteiger partial charge is 0.441 e. The highest BCUT2D eigenvalue weighted by molar-refractivity contribution is 5.77. The lowest BCUT2D eigenvalue weighted by atomic mass is 10.1. The molecule has 4 heteroatoms. The molecule has 0 radical (unpaired) electrons. The molecule has 2 aromatic rings. The SMILES string of the molecule is CCCNC(=O)CCc1ccc2oc(C)nc2c1. The van der Waals surface area contributed by atoms with Crippen molar-refractivity contribution in [2.24, 2.45) is 0 Å². The Hall–Kier alpha value is -1.84. The maximum atomic E-state index is 11.5. The van der Waals surface area contributed by atoms with Crippen molar-refractivity contribution in [3.05, 3.63) is 29.7 Å². The highest BCUT2D eigenvalue weighted by Crippen LogP contribution is 2.17. The number of carbonyl (C=O) groups excluding carboxylic acids is 1. The standard InChI is InChI=1S/C14H18N2O2/c1-3-8-15-14(17)7-5-11-4-6-13-12(9-11)16-10(2)18-13/h4,6,9H,3,5,7-8H2,1-2H3,(H,15,17). The zero-order chi connectivity index (χ0) is 13.0. The number of nitrogens with one attached hydrogen (secondary N) is 1. The summed E-state index contributed by atoms with van der Waals surface area (Å²) in [6, 6.07) is 5.88. The van der Waals surface area contributed by atoms with Crippen LogP contribution in [-0.2, 0) is 11.2 Å². The number of oxazole rings is 1. The Bertz CT molecular complexity index is 546. The maximum Gasteiger partial charge on any atom is 0.220 e. The van der Waals surface area contributed by atoms with E-state index in [0.29, 0.717) is 12.3 Å². The van der Waals surface area contributed by atoms with E-state index >= 15 is 0 Å². The fraction of sp³-hybridized carbons (Fsp3) is 0.429. The zero-order valence-electron chi connectivity index (χ0n) is 10.8. The topological polar surface area (TPSA) is 55.1 Å². The van der Waals surface area contributed by atoms with Crippen LogP contribution in [0.2, 0.25) is 0 Å². The summed E-state index contributed by atoms with van der Waals surface area (Å²) in [5, 5.41) is 2.87. The molecule has 0 aliphatic rings. The van der Waals surface area contributed by atoms with E-state index in [-0.39, 0.29) is 5.91 Å². The van der Waals surface area contributed by atoms with Gasteiger partial charge in [0.2, 0.25) is 5.91 Å². The summed E-state index contributed by atoms with van der Waals surface area (Å²) in [5.74, 6) is 0.774. The monoisotopic (exact) mass is 246 g/mol. The number of aromatic nitrogens is 1. The molecule has 4 nitrogen and oxygen atoms in total. The number of fused-ring (bicyclic) bond motifs is 1. The Morgan fingerprint density at radius 2 is 2.28 bits per heavy atom. The highest BCUT2D eigenvalue weighted by atomic mass is 16.3. The molecule has 1 aromatic carbocycles. The van der Waals surface area contributed by atoms with Crippen molar-refractivity contribution >= 4 is 17.0 Å². The number of hydrogen-bond acceptors (Lipinski definition) is 3. The molecule has 0 saturated carbocycles. The van der Waals surface area contributed by atoms with Gasteiger partial charge in [-0.25, -0.2) is 4.98 Å². The van der Waals surface area contributed by atoms with Crippen molar-refractivity contribution < 1.29 is 9.21 Å². The second kappa shape index (κ2) is 5.67. The van der Waals surface area contributed by atoms with Crippen molar-refractivity contribution in [3.8, 4) is 0 Å². The number of benzene rings is 1. The first-order valence-corrected chi connectivity index (χ1v) is 6.32. The maximum absolute atomic E-state index is 11.5. The molecule has 0 atom stereocenters. The fourth-order valence-corrected chi connectivity index (χ4v) is 1.85. The van der Waals surface area contributed by atoms with Crippen molar-refractivity contribution in [1.29, 1.82) is 0 Å². The van der Waals surface area contributed by atoms with Crippen molar-refractivity contribution in [1.82, 2.24) is 10.3 Å². The van der Waals surface area contributed by atoms with Gasteiger partial charge in [-0.3, -0.25) is 4.79 Å². The van der Waals surface area contributed by atoms with Gasteiger partial charge >= 0.3 is 0 Å². The number of nitrogens with zero attached hydrogens (tertiary/aromatic N) is 1. The van der Waals surface area contributed by atoms with E-state index in [2.05, 4.69) is 10.3 Å². The third-order valence-corrected chi connectivity index (χ3v) is 2.77. The lowest BCUT2D eigenvalue weighted by Crippen LogP contribution is -2.24. The molecule has 0 aliphatic carbocycles. The Morgan fingerprint density at radius 3 is 3.06 bits per heavy atom. The number of hydrogen-bond donors (Lipinski definition) is 1. The second-order valence-corrected chi connectivity index (χ2v) is 4.38. The summed E-state index contributed by atoms with van der Waals surface area (Å²) in [7, 11) is 0. The van der Waals surface area contributed by atoms with Crippen LogP contribution in [0.15, 0.2) is 22.6 Å². The zero-order valence-corrected chi connectivity index (χ0v) is 10.8. The van der Waals surface area contributed by atoms with E-state index < -0.39 is 0 Å². The Kier molecular flexibility index (Phi) is 3.97. The minimum absolute atomic E-state index is 0.105. The van der Waals surface area contributed by atoms with E-state index in [4.69, 9.17) is 4.42 Å². The van der Waals surface area contributed by atoms with Gasteiger partial charge in [0, 0.05) is 19.9 Å². The molecule has 0 saturated heterocycles. The predicted octanol–water partition coefficient (Wildman–Crippen LogP) is 2.60. The van der Waals surface area contributed by atoms with Crippen molar-refractivity contribution in [2.75, 3.05) is 6.54 Å². The molecule has 96 valence electrons. The van der Waals surface area contributed by atoms with Gasteiger partial charge in [-0.2, -0.15) is 0 Å². The minimum atomic E-state index is 0.105. The van der Waals surface area contributed by atoms with Crippen LogP contribution < -0.4 is 5.32 Å².